The van der Waals surface area contributed by atoms with Crippen molar-refractivity contribution in [2.75, 3.05) is 13.2 Å². The molecule has 80 valence electrons. The van der Waals surface area contributed by atoms with E-state index >= 15 is 0 Å². The summed E-state index contributed by atoms with van der Waals surface area (Å²) in [5.41, 5.74) is 0. The molecule has 0 saturated carbocycles. The van der Waals surface area contributed by atoms with Crippen LogP contribution in [0.3, 0.4) is 0 Å². The molecule has 0 rings (SSSR count). The second-order valence-electron chi connectivity index (χ2n) is 3.00. The Morgan fingerprint density at radius 3 is 1.69 bits per heavy atom. The van der Waals surface area contributed by atoms with Crippen LogP contribution in [0, 0.1) is 0 Å². The van der Waals surface area contributed by atoms with E-state index in [4.69, 9.17) is 7.45 Å². The molecule has 0 aromatic carbocycles. The van der Waals surface area contributed by atoms with Crippen molar-refractivity contribution in [3.63, 3.8) is 0 Å². The van der Waals surface area contributed by atoms with Crippen LogP contribution in [0.1, 0.15) is 40.0 Å². The summed E-state index contributed by atoms with van der Waals surface area (Å²) < 4.78 is 22.6. The van der Waals surface area contributed by atoms with Crippen LogP contribution in [0.5, 0.6) is 0 Å². The minimum absolute atomic E-state index is 0.556. The molecular weight excluding hydrogens is 231 g/mol. The van der Waals surface area contributed by atoms with Gasteiger partial charge in [0.05, 0.1) is 0 Å². The van der Waals surface area contributed by atoms with Gasteiger partial charge in [0.25, 0.3) is 0 Å². The minimum atomic E-state index is -3.38. The van der Waals surface area contributed by atoms with Gasteiger partial charge in [-0.3, -0.25) is 0 Å². The Morgan fingerprint density at radius 2 is 1.38 bits per heavy atom. The van der Waals surface area contributed by atoms with E-state index in [1.54, 1.807) is 0 Å². The first-order valence-electron chi connectivity index (χ1n) is 5.06. The van der Waals surface area contributed by atoms with E-state index in [9.17, 15) is 3.74 Å². The van der Waals surface area contributed by atoms with Gasteiger partial charge in [0.2, 0.25) is 0 Å². The van der Waals surface area contributed by atoms with E-state index in [0.717, 1.165) is 19.3 Å². The van der Waals surface area contributed by atoms with Gasteiger partial charge < -0.3 is 0 Å². The maximum absolute atomic E-state index is 11.9. The SMILES string of the molecule is CCCO[As](=O)(CCC)OCCC. The summed E-state index contributed by atoms with van der Waals surface area (Å²) >= 11 is -3.38. The average Bonchev–Trinajstić information content (AvgIpc) is 2.12. The van der Waals surface area contributed by atoms with Crippen molar-refractivity contribution in [1.29, 1.82) is 0 Å². The molecule has 0 saturated heterocycles. The third kappa shape index (κ3) is 6.36. The van der Waals surface area contributed by atoms with Crippen molar-refractivity contribution in [2.45, 2.75) is 45.2 Å². The Morgan fingerprint density at radius 1 is 0.923 bits per heavy atom. The predicted molar refractivity (Wildman–Crippen MR) is 54.0 cm³/mol. The quantitative estimate of drug-likeness (QED) is 0.623. The van der Waals surface area contributed by atoms with Crippen molar-refractivity contribution < 1.29 is 11.2 Å². The van der Waals surface area contributed by atoms with Gasteiger partial charge in [-0.25, -0.2) is 0 Å². The van der Waals surface area contributed by atoms with Crippen LogP contribution in [-0.4, -0.2) is 27.4 Å². The van der Waals surface area contributed by atoms with Gasteiger partial charge >= 0.3 is 83.8 Å². The van der Waals surface area contributed by atoms with E-state index in [2.05, 4.69) is 0 Å². The Hall–Kier alpha value is 0.278. The van der Waals surface area contributed by atoms with Gasteiger partial charge in [-0.1, -0.05) is 0 Å². The zero-order chi connectivity index (χ0) is 10.2. The fourth-order valence-corrected chi connectivity index (χ4v) is 4.68. The van der Waals surface area contributed by atoms with Crippen LogP contribution in [0.15, 0.2) is 0 Å². The molecule has 0 aliphatic rings. The first-order chi connectivity index (χ1) is 6.18. The fraction of sp³-hybridized carbons (Fsp3) is 1.00. The molecule has 0 fully saturated rings. The van der Waals surface area contributed by atoms with Crippen LogP contribution < -0.4 is 0 Å². The van der Waals surface area contributed by atoms with E-state index < -0.39 is 14.2 Å². The van der Waals surface area contributed by atoms with E-state index in [1.807, 2.05) is 20.8 Å². The van der Waals surface area contributed by atoms with Crippen molar-refractivity contribution >= 4 is 14.2 Å². The summed E-state index contributed by atoms with van der Waals surface area (Å²) in [6, 6.07) is 0. The second kappa shape index (κ2) is 7.66. The van der Waals surface area contributed by atoms with Crippen molar-refractivity contribution in [2.24, 2.45) is 0 Å². The van der Waals surface area contributed by atoms with Crippen LogP contribution in [0.2, 0.25) is 5.21 Å². The van der Waals surface area contributed by atoms with Gasteiger partial charge in [0, 0.05) is 0 Å². The van der Waals surface area contributed by atoms with Gasteiger partial charge in [0.1, 0.15) is 0 Å². The predicted octanol–water partition coefficient (Wildman–Crippen LogP) is 2.62. The van der Waals surface area contributed by atoms with Crippen LogP contribution in [0.25, 0.3) is 0 Å². The average molecular weight is 252 g/mol. The molecule has 0 aromatic rings. The molecular formula is C9H21AsO3. The zero-order valence-corrected chi connectivity index (χ0v) is 10.8. The number of hydrogen-bond acceptors (Lipinski definition) is 3. The summed E-state index contributed by atoms with van der Waals surface area (Å²) in [7, 11) is 0. The molecule has 0 aromatic heterocycles. The molecule has 13 heavy (non-hydrogen) atoms. The van der Waals surface area contributed by atoms with Crippen LogP contribution in [-0.2, 0) is 11.2 Å². The summed E-state index contributed by atoms with van der Waals surface area (Å²) in [4.78, 5) is 0. The van der Waals surface area contributed by atoms with Gasteiger partial charge in [-0.2, -0.15) is 0 Å². The standard InChI is InChI=1S/C9H21AsO3/c1-4-7-10(11,12-8-5-2)13-9-6-3/h4-9H2,1-3H3. The Kier molecular flexibility index (Phi) is 7.82. The van der Waals surface area contributed by atoms with E-state index in [1.165, 1.54) is 0 Å². The molecule has 0 radical (unpaired) electrons. The van der Waals surface area contributed by atoms with Crippen LogP contribution in [0.4, 0.5) is 0 Å². The molecule has 0 aliphatic heterocycles. The molecule has 0 N–H and O–H groups in total. The van der Waals surface area contributed by atoms with Crippen molar-refractivity contribution in [1.82, 2.24) is 0 Å². The summed E-state index contributed by atoms with van der Waals surface area (Å²) in [6.07, 6.45) is 2.65. The topological polar surface area (TPSA) is 35.5 Å². The van der Waals surface area contributed by atoms with Crippen LogP contribution >= 0.6 is 0 Å². The summed E-state index contributed by atoms with van der Waals surface area (Å²) in [5.74, 6) is 0. The molecule has 0 amide bonds. The normalized spacial score (nSPS) is 11.9. The molecule has 0 aliphatic carbocycles. The molecule has 3 nitrogen and oxygen atoms in total. The van der Waals surface area contributed by atoms with Crippen molar-refractivity contribution in [3.05, 3.63) is 0 Å². The van der Waals surface area contributed by atoms with E-state index in [-0.39, 0.29) is 0 Å². The summed E-state index contributed by atoms with van der Waals surface area (Å²) in [5, 5.41) is 0.595. The molecule has 0 heterocycles. The Bertz CT molecular complexity index is 147. The third-order valence-corrected chi connectivity index (χ3v) is 5.99. The second-order valence-corrected chi connectivity index (χ2v) is 7.59. The van der Waals surface area contributed by atoms with Gasteiger partial charge in [-0.05, 0) is 0 Å². The van der Waals surface area contributed by atoms with Crippen molar-refractivity contribution in [3.8, 4) is 0 Å². The zero-order valence-electron chi connectivity index (χ0n) is 8.91. The van der Waals surface area contributed by atoms with E-state index in [0.29, 0.717) is 18.4 Å². The Labute approximate surface area is 84.2 Å². The van der Waals surface area contributed by atoms with Gasteiger partial charge in [-0.15, -0.1) is 0 Å². The fourth-order valence-electron chi connectivity index (χ4n) is 0.901. The molecule has 4 heteroatoms. The summed E-state index contributed by atoms with van der Waals surface area (Å²) in [6.45, 7) is 7.12. The monoisotopic (exact) mass is 252 g/mol. The maximum atomic E-state index is 11.9. The third-order valence-electron chi connectivity index (χ3n) is 1.48. The molecule has 0 bridgehead atoms. The Balaban J connectivity index is 3.92. The number of hydrogen-bond donors (Lipinski definition) is 0. The number of rotatable bonds is 8. The first kappa shape index (κ1) is 13.3. The van der Waals surface area contributed by atoms with Gasteiger partial charge in [0.15, 0.2) is 0 Å². The molecule has 0 atom stereocenters. The molecule has 0 unspecified atom stereocenters. The molecule has 0 spiro atoms. The first-order valence-corrected chi connectivity index (χ1v) is 8.69.